The van der Waals surface area contributed by atoms with E-state index in [1.165, 1.54) is 0 Å². The highest BCUT2D eigenvalue weighted by atomic mass is 35.5. The van der Waals surface area contributed by atoms with Crippen molar-refractivity contribution in [2.75, 3.05) is 51.3 Å². The number of nitrogens with one attached hydrogen (secondary N) is 2. The second-order valence-electron chi connectivity index (χ2n) is 8.16. The number of nitrogens with zero attached hydrogens (tertiary/aromatic N) is 2. The molecule has 1 atom stereocenters. The molecule has 2 aromatic rings. The molecule has 2 aromatic carbocycles. The number of benzene rings is 2. The molecule has 2 N–H and O–H groups in total. The first kappa shape index (κ1) is 23.9. The lowest BCUT2D eigenvalue weighted by Gasteiger charge is -2.38. The van der Waals surface area contributed by atoms with E-state index in [9.17, 15) is 9.59 Å². The van der Waals surface area contributed by atoms with Gasteiger partial charge in [-0.25, -0.2) is 9.59 Å². The van der Waals surface area contributed by atoms with Crippen LogP contribution in [0.15, 0.2) is 59.8 Å². The summed E-state index contributed by atoms with van der Waals surface area (Å²) in [7, 11) is 1.66. The van der Waals surface area contributed by atoms with Gasteiger partial charge in [-0.3, -0.25) is 4.90 Å². The molecular weight excluding hydrogens is 456 g/mol. The Kier molecular flexibility index (Phi) is 7.59. The third kappa shape index (κ3) is 5.46. The highest BCUT2D eigenvalue weighted by Crippen LogP contribution is 2.30. The van der Waals surface area contributed by atoms with Crippen LogP contribution in [-0.4, -0.2) is 63.3 Å². The summed E-state index contributed by atoms with van der Waals surface area (Å²) in [5.41, 5.74) is 2.83. The molecule has 0 bridgehead atoms. The average molecular weight is 485 g/mol. The van der Waals surface area contributed by atoms with E-state index in [0.717, 1.165) is 43.2 Å². The first-order valence-corrected chi connectivity index (χ1v) is 11.7. The highest BCUT2D eigenvalue weighted by molar-refractivity contribution is 6.30. The van der Waals surface area contributed by atoms with Gasteiger partial charge in [0.15, 0.2) is 0 Å². The Morgan fingerprint density at radius 1 is 1.12 bits per heavy atom. The van der Waals surface area contributed by atoms with Crippen molar-refractivity contribution in [1.82, 2.24) is 15.5 Å². The molecule has 2 aliphatic heterocycles. The van der Waals surface area contributed by atoms with Gasteiger partial charge in [-0.2, -0.15) is 0 Å². The molecule has 1 fully saturated rings. The van der Waals surface area contributed by atoms with Gasteiger partial charge in [0, 0.05) is 49.1 Å². The van der Waals surface area contributed by atoms with Gasteiger partial charge in [0.2, 0.25) is 0 Å². The molecule has 0 spiro atoms. The Morgan fingerprint density at radius 2 is 1.85 bits per heavy atom. The molecule has 2 heterocycles. The van der Waals surface area contributed by atoms with Gasteiger partial charge in [0.25, 0.3) is 0 Å². The average Bonchev–Trinajstić information content (AvgIpc) is 2.84. The number of esters is 1. The number of halogens is 1. The number of rotatable bonds is 7. The normalized spacial score (nSPS) is 18.9. The van der Waals surface area contributed by atoms with Crippen molar-refractivity contribution in [3.05, 3.63) is 70.4 Å². The minimum atomic E-state index is -0.637. The molecular formula is C25H29ClN4O4. The van der Waals surface area contributed by atoms with Gasteiger partial charge in [-0.1, -0.05) is 23.7 Å². The number of carbonyl (C=O) groups excluding carboxylic acids is 2. The van der Waals surface area contributed by atoms with Crippen molar-refractivity contribution in [2.45, 2.75) is 13.0 Å². The molecule has 0 unspecified atom stereocenters. The van der Waals surface area contributed by atoms with Crippen LogP contribution in [0.1, 0.15) is 18.5 Å². The summed E-state index contributed by atoms with van der Waals surface area (Å²) in [5, 5.41) is 6.23. The zero-order valence-corrected chi connectivity index (χ0v) is 20.1. The van der Waals surface area contributed by atoms with Crippen LogP contribution in [-0.2, 0) is 9.53 Å². The minimum Gasteiger partial charge on any atom is -0.497 e. The summed E-state index contributed by atoms with van der Waals surface area (Å²) in [6.07, 6.45) is 0. The van der Waals surface area contributed by atoms with E-state index < -0.39 is 12.0 Å². The van der Waals surface area contributed by atoms with E-state index in [2.05, 4.69) is 32.6 Å². The predicted molar refractivity (Wildman–Crippen MR) is 131 cm³/mol. The number of piperazine rings is 1. The van der Waals surface area contributed by atoms with Crippen LogP contribution in [0, 0.1) is 0 Å². The summed E-state index contributed by atoms with van der Waals surface area (Å²) >= 11 is 6.18. The highest BCUT2D eigenvalue weighted by Gasteiger charge is 2.34. The lowest BCUT2D eigenvalue weighted by atomic mass is 9.95. The fraction of sp³-hybridized carbons (Fsp3) is 0.360. The monoisotopic (exact) mass is 484 g/mol. The summed E-state index contributed by atoms with van der Waals surface area (Å²) in [6.45, 7) is 5.69. The number of amides is 2. The smallest absolute Gasteiger partial charge is 0.338 e. The zero-order valence-electron chi connectivity index (χ0n) is 19.3. The Labute approximate surface area is 204 Å². The lowest BCUT2D eigenvalue weighted by molar-refractivity contribution is -0.139. The number of hydrogen-bond donors (Lipinski definition) is 2. The molecule has 0 aliphatic carbocycles. The molecule has 180 valence electrons. The van der Waals surface area contributed by atoms with Gasteiger partial charge in [-0.05, 0) is 48.9 Å². The van der Waals surface area contributed by atoms with Crippen LogP contribution in [0.3, 0.4) is 0 Å². The van der Waals surface area contributed by atoms with E-state index in [4.69, 9.17) is 21.1 Å². The molecule has 8 nitrogen and oxygen atoms in total. The molecule has 2 amide bonds. The van der Waals surface area contributed by atoms with E-state index in [1.807, 2.05) is 18.2 Å². The van der Waals surface area contributed by atoms with Gasteiger partial charge in [-0.15, -0.1) is 0 Å². The Hall–Kier alpha value is -3.23. The van der Waals surface area contributed by atoms with Gasteiger partial charge in [0.05, 0.1) is 25.3 Å². The molecule has 0 saturated carbocycles. The second kappa shape index (κ2) is 10.8. The maximum Gasteiger partial charge on any atom is 0.338 e. The van der Waals surface area contributed by atoms with Crippen molar-refractivity contribution in [3.8, 4) is 5.75 Å². The standard InChI is InChI=1S/C25H29ClN4O4/c1-3-34-24(31)22-21(27-25(32)28-23(22)17-5-4-6-18(26)15-17)16-29-11-13-30(14-12-29)19-7-9-20(33-2)10-8-19/h4-10,15,23H,3,11-14,16H2,1-2H3,(H2,27,28,32)/t23-/m1/s1. The third-order valence-corrected chi connectivity index (χ3v) is 6.26. The molecule has 9 heteroatoms. The Balaban J connectivity index is 1.53. The largest absolute Gasteiger partial charge is 0.497 e. The SMILES string of the molecule is CCOC(=O)C1=C(CN2CCN(c3ccc(OC)cc3)CC2)NC(=O)N[C@@H]1c1cccc(Cl)c1. The summed E-state index contributed by atoms with van der Waals surface area (Å²) in [5.74, 6) is 0.378. The number of methoxy groups -OCH3 is 1. The van der Waals surface area contributed by atoms with Gasteiger partial charge < -0.3 is 25.0 Å². The maximum absolute atomic E-state index is 13.0. The maximum atomic E-state index is 13.0. The van der Waals surface area contributed by atoms with Crippen LogP contribution in [0.2, 0.25) is 5.02 Å². The summed E-state index contributed by atoms with van der Waals surface area (Å²) in [6, 6.07) is 14.2. The fourth-order valence-electron chi connectivity index (χ4n) is 4.31. The number of urea groups is 1. The predicted octanol–water partition coefficient (Wildman–Crippen LogP) is 3.34. The van der Waals surface area contributed by atoms with E-state index in [0.29, 0.717) is 22.8 Å². The van der Waals surface area contributed by atoms with Crippen molar-refractivity contribution in [2.24, 2.45) is 0 Å². The van der Waals surface area contributed by atoms with Crippen LogP contribution in [0.25, 0.3) is 0 Å². The van der Waals surface area contributed by atoms with Gasteiger partial charge in [0.1, 0.15) is 5.75 Å². The molecule has 2 aliphatic rings. The fourth-order valence-corrected chi connectivity index (χ4v) is 4.51. The van der Waals surface area contributed by atoms with Crippen molar-refractivity contribution >= 4 is 29.3 Å². The van der Waals surface area contributed by atoms with Gasteiger partial charge >= 0.3 is 12.0 Å². The van der Waals surface area contributed by atoms with Crippen LogP contribution in [0.5, 0.6) is 5.75 Å². The lowest BCUT2D eigenvalue weighted by Crippen LogP contribution is -2.51. The second-order valence-corrected chi connectivity index (χ2v) is 8.60. The van der Waals surface area contributed by atoms with E-state index in [1.54, 1.807) is 32.2 Å². The number of hydrogen-bond acceptors (Lipinski definition) is 6. The molecule has 4 rings (SSSR count). The first-order chi connectivity index (χ1) is 16.5. The third-order valence-electron chi connectivity index (χ3n) is 6.02. The van der Waals surface area contributed by atoms with Crippen LogP contribution in [0.4, 0.5) is 10.5 Å². The first-order valence-electron chi connectivity index (χ1n) is 11.3. The summed E-state index contributed by atoms with van der Waals surface area (Å²) in [4.78, 5) is 30.0. The van der Waals surface area contributed by atoms with E-state index >= 15 is 0 Å². The van der Waals surface area contributed by atoms with Crippen molar-refractivity contribution in [3.63, 3.8) is 0 Å². The number of anilines is 1. The van der Waals surface area contributed by atoms with Crippen molar-refractivity contribution in [1.29, 1.82) is 0 Å². The van der Waals surface area contributed by atoms with Crippen LogP contribution >= 0.6 is 11.6 Å². The minimum absolute atomic E-state index is 0.242. The molecule has 34 heavy (non-hydrogen) atoms. The van der Waals surface area contributed by atoms with Crippen molar-refractivity contribution < 1.29 is 19.1 Å². The molecule has 0 radical (unpaired) electrons. The quantitative estimate of drug-likeness (QED) is 0.586. The Morgan fingerprint density at radius 3 is 2.50 bits per heavy atom. The van der Waals surface area contributed by atoms with Crippen LogP contribution < -0.4 is 20.3 Å². The zero-order chi connectivity index (χ0) is 24.1. The molecule has 0 aromatic heterocycles. The topological polar surface area (TPSA) is 83.1 Å². The summed E-state index contributed by atoms with van der Waals surface area (Å²) < 4.78 is 10.6. The molecule has 1 saturated heterocycles. The number of ether oxygens (including phenoxy) is 2. The Bertz CT molecular complexity index is 1060. The number of carbonyl (C=O) groups is 2. The van der Waals surface area contributed by atoms with E-state index in [-0.39, 0.29) is 12.6 Å².